The number of aryl methyl sites for hydroxylation is 2. The van der Waals surface area contributed by atoms with Gasteiger partial charge in [0.2, 0.25) is 0 Å². The van der Waals surface area contributed by atoms with Crippen molar-refractivity contribution in [1.82, 2.24) is 10.3 Å². The Kier molecular flexibility index (Phi) is 6.00. The molecule has 0 aromatic carbocycles. The fourth-order valence-corrected chi connectivity index (χ4v) is 2.32. The van der Waals surface area contributed by atoms with Gasteiger partial charge in [0.05, 0.1) is 12.7 Å². The van der Waals surface area contributed by atoms with E-state index in [1.54, 1.807) is 34.6 Å². The van der Waals surface area contributed by atoms with E-state index >= 15 is 0 Å². The van der Waals surface area contributed by atoms with Gasteiger partial charge in [-0.25, -0.2) is 14.4 Å². The van der Waals surface area contributed by atoms with Crippen molar-refractivity contribution in [1.29, 1.82) is 0 Å². The molecule has 8 nitrogen and oxygen atoms in total. The van der Waals surface area contributed by atoms with E-state index in [2.05, 4.69) is 10.3 Å². The number of hydrogen-bond donors (Lipinski definition) is 3. The number of carbonyl (C=O) groups is 3. The Morgan fingerprint density at radius 3 is 2.25 bits per heavy atom. The number of methoxy groups -OCH3 is 1. The van der Waals surface area contributed by atoms with Crippen LogP contribution in [0.15, 0.2) is 0 Å². The number of rotatable bonds is 5. The van der Waals surface area contributed by atoms with Crippen molar-refractivity contribution in [2.75, 3.05) is 7.11 Å². The highest BCUT2D eigenvalue weighted by Crippen LogP contribution is 2.21. The number of hydrogen-bond acceptors (Lipinski definition) is 5. The molecule has 3 N–H and O–H groups in total. The maximum absolute atomic E-state index is 11.9. The van der Waals surface area contributed by atoms with E-state index in [4.69, 9.17) is 9.47 Å². The van der Waals surface area contributed by atoms with Crippen LogP contribution in [0.4, 0.5) is 4.79 Å². The van der Waals surface area contributed by atoms with Crippen LogP contribution < -0.4 is 5.32 Å². The number of carboxylic acids is 1. The van der Waals surface area contributed by atoms with Crippen molar-refractivity contribution in [3.63, 3.8) is 0 Å². The maximum atomic E-state index is 11.9. The lowest BCUT2D eigenvalue weighted by Crippen LogP contribution is -2.44. The van der Waals surface area contributed by atoms with Crippen molar-refractivity contribution < 1.29 is 29.0 Å². The van der Waals surface area contributed by atoms with Crippen LogP contribution in [-0.4, -0.2) is 46.9 Å². The molecule has 0 saturated carbocycles. The SMILES string of the molecule is COC(=O)c1c(C)[nH]c(C)c1CC(NC(=O)OC(C)(C)C)C(=O)O. The minimum atomic E-state index is -1.24. The van der Waals surface area contributed by atoms with Crippen LogP contribution in [0.1, 0.15) is 48.1 Å². The van der Waals surface area contributed by atoms with Gasteiger partial charge in [0.15, 0.2) is 0 Å². The standard InChI is InChI=1S/C16H24N2O6/c1-8-10(12(9(2)17-8)14(21)23-6)7-11(13(19)20)18-15(22)24-16(3,4)5/h11,17H,7H2,1-6H3,(H,18,22)(H,19,20). The molecule has 1 rings (SSSR count). The molecule has 1 amide bonds. The topological polar surface area (TPSA) is 118 Å². The molecule has 0 spiro atoms. The number of nitrogens with one attached hydrogen (secondary N) is 2. The average molecular weight is 340 g/mol. The Morgan fingerprint density at radius 2 is 1.79 bits per heavy atom. The third-order valence-electron chi connectivity index (χ3n) is 3.29. The monoisotopic (exact) mass is 340 g/mol. The van der Waals surface area contributed by atoms with Gasteiger partial charge < -0.3 is 24.9 Å². The van der Waals surface area contributed by atoms with Gasteiger partial charge in [-0.15, -0.1) is 0 Å². The van der Waals surface area contributed by atoms with E-state index in [-0.39, 0.29) is 12.0 Å². The van der Waals surface area contributed by atoms with Crippen molar-refractivity contribution in [3.8, 4) is 0 Å². The smallest absolute Gasteiger partial charge is 0.408 e. The van der Waals surface area contributed by atoms with Gasteiger partial charge in [-0.2, -0.15) is 0 Å². The lowest BCUT2D eigenvalue weighted by atomic mass is 10.0. The van der Waals surface area contributed by atoms with Gasteiger partial charge in [0.1, 0.15) is 11.6 Å². The molecule has 1 aromatic rings. The molecule has 0 fully saturated rings. The number of carboxylic acid groups (broad SMARTS) is 1. The Morgan fingerprint density at radius 1 is 1.21 bits per heavy atom. The van der Waals surface area contributed by atoms with E-state index in [1.165, 1.54) is 7.11 Å². The molecule has 134 valence electrons. The molecular weight excluding hydrogens is 316 g/mol. The molecular formula is C16H24N2O6. The van der Waals surface area contributed by atoms with Crippen LogP contribution in [-0.2, 0) is 20.7 Å². The molecule has 0 aliphatic heterocycles. The Labute approximate surface area is 140 Å². The summed E-state index contributed by atoms with van der Waals surface area (Å²) in [6.07, 6.45) is -0.908. The first-order valence-electron chi connectivity index (χ1n) is 7.45. The Hall–Kier alpha value is -2.51. The molecule has 0 saturated heterocycles. The highest BCUT2D eigenvalue weighted by molar-refractivity contribution is 5.93. The van der Waals surface area contributed by atoms with Crippen LogP contribution in [0.2, 0.25) is 0 Å². The highest BCUT2D eigenvalue weighted by atomic mass is 16.6. The zero-order valence-corrected chi connectivity index (χ0v) is 14.8. The molecule has 1 heterocycles. The van der Waals surface area contributed by atoms with Crippen LogP contribution >= 0.6 is 0 Å². The van der Waals surface area contributed by atoms with E-state index in [1.807, 2.05) is 0 Å². The number of aliphatic carboxylic acids is 1. The average Bonchev–Trinajstić information content (AvgIpc) is 2.69. The minimum Gasteiger partial charge on any atom is -0.480 e. The van der Waals surface area contributed by atoms with Gasteiger partial charge in [0, 0.05) is 17.8 Å². The van der Waals surface area contributed by atoms with Gasteiger partial charge >= 0.3 is 18.0 Å². The Bertz CT molecular complexity index is 642. The summed E-state index contributed by atoms with van der Waals surface area (Å²) in [5.74, 6) is -1.79. The number of aromatic nitrogens is 1. The number of amides is 1. The van der Waals surface area contributed by atoms with Crippen molar-refractivity contribution in [2.45, 2.75) is 52.7 Å². The number of aromatic amines is 1. The summed E-state index contributed by atoms with van der Waals surface area (Å²) in [4.78, 5) is 38.2. The number of alkyl carbamates (subject to hydrolysis) is 1. The molecule has 0 bridgehead atoms. The van der Waals surface area contributed by atoms with E-state index in [0.717, 1.165) is 0 Å². The van der Waals surface area contributed by atoms with Crippen LogP contribution in [0, 0.1) is 13.8 Å². The minimum absolute atomic E-state index is 0.0742. The van der Waals surface area contributed by atoms with E-state index in [9.17, 15) is 19.5 Å². The molecule has 1 unspecified atom stereocenters. The normalized spacial score (nSPS) is 12.4. The lowest BCUT2D eigenvalue weighted by molar-refractivity contribution is -0.139. The Balaban J connectivity index is 3.04. The molecule has 0 aliphatic rings. The van der Waals surface area contributed by atoms with Gasteiger partial charge in [-0.3, -0.25) is 0 Å². The molecule has 8 heteroatoms. The number of ether oxygens (including phenoxy) is 2. The number of carbonyl (C=O) groups excluding carboxylic acids is 2. The number of esters is 1. The molecule has 1 aromatic heterocycles. The second kappa shape index (κ2) is 7.37. The van der Waals surface area contributed by atoms with Crippen molar-refractivity contribution >= 4 is 18.0 Å². The number of H-pyrrole nitrogens is 1. The fraction of sp³-hybridized carbons (Fsp3) is 0.562. The zero-order chi connectivity index (χ0) is 18.7. The summed E-state index contributed by atoms with van der Waals surface area (Å²) in [7, 11) is 1.25. The quantitative estimate of drug-likeness (QED) is 0.705. The van der Waals surface area contributed by atoms with E-state index < -0.39 is 29.7 Å². The summed E-state index contributed by atoms with van der Waals surface area (Å²) < 4.78 is 9.82. The van der Waals surface area contributed by atoms with Crippen molar-refractivity contribution in [3.05, 3.63) is 22.5 Å². The lowest BCUT2D eigenvalue weighted by Gasteiger charge is -2.22. The molecule has 24 heavy (non-hydrogen) atoms. The summed E-state index contributed by atoms with van der Waals surface area (Å²) in [6, 6.07) is -1.24. The first kappa shape index (κ1) is 19.5. The molecule has 0 radical (unpaired) electrons. The zero-order valence-electron chi connectivity index (χ0n) is 14.8. The fourth-order valence-electron chi connectivity index (χ4n) is 2.32. The third-order valence-corrected chi connectivity index (χ3v) is 3.29. The largest absolute Gasteiger partial charge is 0.480 e. The first-order chi connectivity index (χ1) is 11.0. The van der Waals surface area contributed by atoms with Gasteiger partial charge in [-0.05, 0) is 40.2 Å². The second-order valence-corrected chi connectivity index (χ2v) is 6.46. The molecule has 0 aliphatic carbocycles. The predicted molar refractivity (Wildman–Crippen MR) is 86.1 cm³/mol. The van der Waals surface area contributed by atoms with Crippen LogP contribution in [0.5, 0.6) is 0 Å². The van der Waals surface area contributed by atoms with Crippen molar-refractivity contribution in [2.24, 2.45) is 0 Å². The van der Waals surface area contributed by atoms with Crippen LogP contribution in [0.25, 0.3) is 0 Å². The third kappa shape index (κ3) is 5.00. The van der Waals surface area contributed by atoms with Crippen LogP contribution in [0.3, 0.4) is 0 Å². The summed E-state index contributed by atoms with van der Waals surface area (Å²) in [6.45, 7) is 8.45. The van der Waals surface area contributed by atoms with E-state index in [0.29, 0.717) is 17.0 Å². The first-order valence-corrected chi connectivity index (χ1v) is 7.45. The van der Waals surface area contributed by atoms with Gasteiger partial charge in [-0.1, -0.05) is 0 Å². The summed E-state index contributed by atoms with van der Waals surface area (Å²) in [5, 5.41) is 11.7. The maximum Gasteiger partial charge on any atom is 0.408 e. The second-order valence-electron chi connectivity index (χ2n) is 6.46. The predicted octanol–water partition coefficient (Wildman–Crippen LogP) is 1.94. The summed E-state index contributed by atoms with van der Waals surface area (Å²) >= 11 is 0. The highest BCUT2D eigenvalue weighted by Gasteiger charge is 2.28. The summed E-state index contributed by atoms with van der Waals surface area (Å²) in [5.41, 5.74) is 1.25. The van der Waals surface area contributed by atoms with Gasteiger partial charge in [0.25, 0.3) is 0 Å². The molecule has 1 atom stereocenters.